The van der Waals surface area contributed by atoms with Crippen LogP contribution >= 0.6 is 0 Å². The van der Waals surface area contributed by atoms with Gasteiger partial charge in [0.2, 0.25) is 29.5 Å². The lowest BCUT2D eigenvalue weighted by molar-refractivity contribution is -0.131. The van der Waals surface area contributed by atoms with Crippen LogP contribution in [-0.4, -0.2) is 90.0 Å². The standard InChI is InChI=1S/C20H29N5O6.C8H11N3O.C4H8/c26-12-14-9-21-18(29)10-23-20(31)15(8-13-4-2-1-3-5-13)25-19(30)11-22-16(27)6-7-17(28)24-14;1-2-3-11-8(12)7-6-9-4-5-10-7;1-4-2-3-4/h6-7,12-15H,1-5,8-11H2,(H,21,29)(H,22,27)(H,23,31)(H,24,28)(H,25,30);4-6H,2-3H2,1H3,(H,11,12);4H,2-3H2,1H3/b7-6-;;/t14-,15-;;/m0../s1. The lowest BCUT2D eigenvalue weighted by Crippen LogP contribution is -2.52. The van der Waals surface area contributed by atoms with Gasteiger partial charge in [0.15, 0.2) is 0 Å². The van der Waals surface area contributed by atoms with Crippen molar-refractivity contribution >= 4 is 41.7 Å². The van der Waals surface area contributed by atoms with Crippen LogP contribution in [0.4, 0.5) is 0 Å². The molecule has 258 valence electrons. The molecule has 0 aromatic carbocycles. The monoisotopic (exact) mass is 656 g/mol. The fraction of sp³-hybridized carbons (Fsp3) is 0.594. The fourth-order valence-electron chi connectivity index (χ4n) is 4.46. The van der Waals surface area contributed by atoms with Gasteiger partial charge in [-0.3, -0.25) is 33.8 Å². The lowest BCUT2D eigenvalue weighted by Gasteiger charge is -2.26. The van der Waals surface area contributed by atoms with E-state index in [2.05, 4.69) is 48.8 Å². The second-order valence-electron chi connectivity index (χ2n) is 11.7. The topological polar surface area (TPSA) is 217 Å². The van der Waals surface area contributed by atoms with E-state index in [1.165, 1.54) is 31.4 Å². The maximum atomic E-state index is 12.6. The largest absolute Gasteiger partial charge is 0.352 e. The molecule has 1 aromatic rings. The molecule has 1 aliphatic heterocycles. The molecule has 6 N–H and O–H groups in total. The molecule has 2 heterocycles. The Morgan fingerprint density at radius 1 is 0.894 bits per heavy atom. The summed E-state index contributed by atoms with van der Waals surface area (Å²) < 4.78 is 0. The third-order valence-electron chi connectivity index (χ3n) is 7.39. The Balaban J connectivity index is 0.000000390. The SMILES string of the molecule is CC1CC1.CCCNC(=O)c1cnccn1.O=C[C@@H]1CNC(=O)CNC(=O)[C@H](CC2CCCCC2)NC(=O)CNC(=O)/C=C\C(=O)N1. The number of hydrogen-bond donors (Lipinski definition) is 6. The average Bonchev–Trinajstić information content (AvgIpc) is 3.88. The van der Waals surface area contributed by atoms with Gasteiger partial charge in [-0.2, -0.15) is 0 Å². The maximum absolute atomic E-state index is 12.6. The maximum Gasteiger partial charge on any atom is 0.271 e. The Morgan fingerprint density at radius 3 is 2.19 bits per heavy atom. The van der Waals surface area contributed by atoms with E-state index in [0.717, 1.165) is 56.6 Å². The second kappa shape index (κ2) is 21.9. The Morgan fingerprint density at radius 2 is 1.57 bits per heavy atom. The summed E-state index contributed by atoms with van der Waals surface area (Å²) in [6.07, 6.45) is 16.3. The van der Waals surface area contributed by atoms with Crippen LogP contribution in [0.3, 0.4) is 0 Å². The van der Waals surface area contributed by atoms with Gasteiger partial charge in [0.1, 0.15) is 24.1 Å². The Hall–Kier alpha value is -4.69. The minimum atomic E-state index is -1.00. The van der Waals surface area contributed by atoms with Gasteiger partial charge in [-0.05, 0) is 24.7 Å². The highest BCUT2D eigenvalue weighted by Gasteiger charge is 2.26. The number of nitrogens with one attached hydrogen (secondary N) is 6. The summed E-state index contributed by atoms with van der Waals surface area (Å²) in [6.45, 7) is 4.06. The van der Waals surface area contributed by atoms with Crippen molar-refractivity contribution in [2.45, 2.75) is 83.7 Å². The third kappa shape index (κ3) is 17.6. The third-order valence-corrected chi connectivity index (χ3v) is 7.39. The molecule has 3 aliphatic rings. The quantitative estimate of drug-likeness (QED) is 0.228. The molecule has 2 aliphatic carbocycles. The van der Waals surface area contributed by atoms with E-state index in [9.17, 15) is 33.6 Å². The van der Waals surface area contributed by atoms with E-state index >= 15 is 0 Å². The molecule has 15 heteroatoms. The number of carbonyl (C=O) groups is 7. The number of hydrogen-bond acceptors (Lipinski definition) is 9. The predicted octanol–water partition coefficient (Wildman–Crippen LogP) is 0.0764. The highest BCUT2D eigenvalue weighted by molar-refractivity contribution is 5.99. The number of carbonyl (C=O) groups excluding carboxylic acids is 7. The van der Waals surface area contributed by atoms with Crippen molar-refractivity contribution in [2.24, 2.45) is 11.8 Å². The van der Waals surface area contributed by atoms with Crippen molar-refractivity contribution in [3.05, 3.63) is 36.4 Å². The molecule has 0 saturated heterocycles. The summed E-state index contributed by atoms with van der Waals surface area (Å²) in [5.74, 6) is -1.79. The van der Waals surface area contributed by atoms with Crippen LogP contribution in [0.2, 0.25) is 0 Å². The van der Waals surface area contributed by atoms with Crippen LogP contribution in [0.25, 0.3) is 0 Å². The van der Waals surface area contributed by atoms with Crippen LogP contribution in [0.5, 0.6) is 0 Å². The summed E-state index contributed by atoms with van der Waals surface area (Å²) >= 11 is 0. The Bertz CT molecular complexity index is 1220. The van der Waals surface area contributed by atoms with Gasteiger partial charge in [-0.15, -0.1) is 0 Å². The van der Waals surface area contributed by atoms with Crippen molar-refractivity contribution < 1.29 is 33.6 Å². The first kappa shape index (κ1) is 38.5. The average molecular weight is 657 g/mol. The zero-order chi connectivity index (χ0) is 34.4. The van der Waals surface area contributed by atoms with Crippen molar-refractivity contribution in [1.29, 1.82) is 0 Å². The lowest BCUT2D eigenvalue weighted by atomic mass is 9.84. The second-order valence-corrected chi connectivity index (χ2v) is 11.7. The normalized spacial score (nSPS) is 22.0. The van der Waals surface area contributed by atoms with Gasteiger partial charge >= 0.3 is 0 Å². The van der Waals surface area contributed by atoms with E-state index in [0.29, 0.717) is 24.9 Å². The summed E-state index contributed by atoms with van der Waals surface area (Å²) in [5.41, 5.74) is 0.367. The molecule has 15 nitrogen and oxygen atoms in total. The molecule has 2 saturated carbocycles. The van der Waals surface area contributed by atoms with Crippen molar-refractivity contribution in [2.75, 3.05) is 26.2 Å². The summed E-state index contributed by atoms with van der Waals surface area (Å²) in [7, 11) is 0. The minimum absolute atomic E-state index is 0.162. The zero-order valence-electron chi connectivity index (χ0n) is 27.2. The summed E-state index contributed by atoms with van der Waals surface area (Å²) in [5, 5.41) is 14.9. The van der Waals surface area contributed by atoms with E-state index in [4.69, 9.17) is 0 Å². The predicted molar refractivity (Wildman–Crippen MR) is 172 cm³/mol. The van der Waals surface area contributed by atoms with Gasteiger partial charge in [-0.25, -0.2) is 4.98 Å². The van der Waals surface area contributed by atoms with Crippen LogP contribution in [0.1, 0.15) is 82.1 Å². The van der Waals surface area contributed by atoms with Gasteiger partial charge in [0.25, 0.3) is 5.91 Å². The van der Waals surface area contributed by atoms with E-state index in [1.54, 1.807) is 0 Å². The first-order valence-corrected chi connectivity index (χ1v) is 16.2. The molecule has 1 aromatic heterocycles. The number of aromatic nitrogens is 2. The first-order valence-electron chi connectivity index (χ1n) is 16.2. The molecule has 4 rings (SSSR count). The van der Waals surface area contributed by atoms with Crippen LogP contribution < -0.4 is 31.9 Å². The van der Waals surface area contributed by atoms with Crippen LogP contribution in [0, 0.1) is 11.8 Å². The molecular formula is C32H48N8O7. The zero-order valence-corrected chi connectivity index (χ0v) is 27.2. The van der Waals surface area contributed by atoms with E-state index < -0.39 is 41.6 Å². The molecule has 0 unspecified atom stereocenters. The molecule has 2 atom stereocenters. The Labute approximate surface area is 275 Å². The van der Waals surface area contributed by atoms with Crippen LogP contribution in [0.15, 0.2) is 30.7 Å². The van der Waals surface area contributed by atoms with Crippen LogP contribution in [-0.2, 0) is 28.8 Å². The summed E-state index contributed by atoms with van der Waals surface area (Å²) in [6, 6.07) is -1.84. The molecule has 0 radical (unpaired) electrons. The highest BCUT2D eigenvalue weighted by atomic mass is 16.2. The van der Waals surface area contributed by atoms with E-state index in [1.807, 2.05) is 6.92 Å². The van der Waals surface area contributed by atoms with E-state index in [-0.39, 0.29) is 31.5 Å². The first-order chi connectivity index (χ1) is 22.6. The smallest absolute Gasteiger partial charge is 0.271 e. The van der Waals surface area contributed by atoms with Gasteiger partial charge in [-0.1, -0.05) is 58.8 Å². The highest BCUT2D eigenvalue weighted by Crippen LogP contribution is 2.27. The van der Waals surface area contributed by atoms with Crippen molar-refractivity contribution in [3.8, 4) is 0 Å². The number of rotatable bonds is 6. The summed E-state index contributed by atoms with van der Waals surface area (Å²) in [4.78, 5) is 90.4. The van der Waals surface area contributed by atoms with Gasteiger partial charge in [0.05, 0.1) is 19.3 Å². The Kier molecular flexibility index (Phi) is 18.0. The minimum Gasteiger partial charge on any atom is -0.352 e. The molecule has 47 heavy (non-hydrogen) atoms. The number of nitrogens with zero attached hydrogens (tertiary/aromatic N) is 2. The molecule has 0 spiro atoms. The molecular weight excluding hydrogens is 608 g/mol. The number of aldehydes is 1. The molecule has 0 bridgehead atoms. The van der Waals surface area contributed by atoms with Gasteiger partial charge < -0.3 is 36.7 Å². The molecule has 2 fully saturated rings. The fourth-order valence-corrected chi connectivity index (χ4v) is 4.46. The number of amides is 6. The van der Waals surface area contributed by atoms with Gasteiger partial charge in [0, 0.05) is 37.6 Å². The molecule has 6 amide bonds. The van der Waals surface area contributed by atoms with Crippen molar-refractivity contribution in [1.82, 2.24) is 41.9 Å². The van der Waals surface area contributed by atoms with Crippen molar-refractivity contribution in [3.63, 3.8) is 0 Å².